The maximum atomic E-state index is 13.5. The van der Waals surface area contributed by atoms with Gasteiger partial charge in [0.1, 0.15) is 17.2 Å². The summed E-state index contributed by atoms with van der Waals surface area (Å²) in [7, 11) is 1.55. The normalized spacial score (nSPS) is 15.3. The number of carbonyl (C=O) groups excluding carboxylic acids is 1. The van der Waals surface area contributed by atoms with Crippen molar-refractivity contribution in [3.63, 3.8) is 0 Å². The molecule has 10 heteroatoms. The third-order valence-corrected chi connectivity index (χ3v) is 5.77. The number of hydrogen-bond donors (Lipinski definition) is 2. The van der Waals surface area contributed by atoms with E-state index in [1.54, 1.807) is 27.0 Å². The molecule has 0 unspecified atom stereocenters. The van der Waals surface area contributed by atoms with E-state index < -0.39 is 29.3 Å². The Morgan fingerprint density at radius 1 is 1.20 bits per heavy atom. The van der Waals surface area contributed by atoms with Crippen LogP contribution in [0.5, 0.6) is 11.5 Å². The van der Waals surface area contributed by atoms with Gasteiger partial charge >= 0.3 is 6.18 Å². The van der Waals surface area contributed by atoms with Crippen LogP contribution in [0.25, 0.3) is 10.9 Å². The van der Waals surface area contributed by atoms with Crippen LogP contribution in [-0.4, -0.2) is 28.6 Å². The van der Waals surface area contributed by atoms with E-state index in [-0.39, 0.29) is 5.69 Å². The van der Waals surface area contributed by atoms with Gasteiger partial charge in [-0.05, 0) is 57.5 Å². The summed E-state index contributed by atoms with van der Waals surface area (Å²) in [4.78, 5) is 20.7. The molecule has 1 aliphatic rings. The monoisotopic (exact) mass is 488 g/mol. The van der Waals surface area contributed by atoms with Crippen molar-refractivity contribution in [2.75, 3.05) is 17.7 Å². The molecule has 7 nitrogen and oxygen atoms in total. The van der Waals surface area contributed by atoms with Gasteiger partial charge in [0, 0.05) is 30.0 Å². The Morgan fingerprint density at radius 3 is 2.54 bits per heavy atom. The van der Waals surface area contributed by atoms with Gasteiger partial charge in [-0.3, -0.25) is 4.79 Å². The number of rotatable bonds is 5. The van der Waals surface area contributed by atoms with Crippen LogP contribution < -0.4 is 20.1 Å². The number of nitrogens with one attached hydrogen (secondary N) is 2. The third-order valence-electron chi connectivity index (χ3n) is 5.77. The van der Waals surface area contributed by atoms with Crippen LogP contribution in [0.1, 0.15) is 56.3 Å². The van der Waals surface area contributed by atoms with E-state index in [1.807, 2.05) is 13.8 Å². The molecule has 1 aliphatic heterocycles. The number of methoxy groups -OCH3 is 1. The molecule has 0 bridgehead atoms. The summed E-state index contributed by atoms with van der Waals surface area (Å²) in [5, 5.41) is 6.35. The molecule has 2 aromatic carbocycles. The summed E-state index contributed by atoms with van der Waals surface area (Å²) in [6.07, 6.45) is -3.95. The molecule has 1 aromatic heterocycles. The van der Waals surface area contributed by atoms with Crippen molar-refractivity contribution >= 4 is 28.3 Å². The van der Waals surface area contributed by atoms with Gasteiger partial charge < -0.3 is 20.1 Å². The van der Waals surface area contributed by atoms with Crippen LogP contribution in [0.4, 0.5) is 24.7 Å². The Morgan fingerprint density at radius 2 is 1.91 bits per heavy atom. The van der Waals surface area contributed by atoms with Gasteiger partial charge in [0.05, 0.1) is 24.2 Å². The lowest BCUT2D eigenvalue weighted by Gasteiger charge is -2.20. The van der Waals surface area contributed by atoms with E-state index >= 15 is 0 Å². The predicted octanol–water partition coefficient (Wildman–Crippen LogP) is 5.81. The van der Waals surface area contributed by atoms with Crippen LogP contribution >= 0.6 is 0 Å². The third kappa shape index (κ3) is 4.96. The second kappa shape index (κ2) is 8.58. The molecule has 0 saturated carbocycles. The Balaban J connectivity index is 1.80. The van der Waals surface area contributed by atoms with E-state index in [9.17, 15) is 18.0 Å². The minimum atomic E-state index is -4.57. The van der Waals surface area contributed by atoms with Gasteiger partial charge in [-0.15, -0.1) is 0 Å². The number of aromatic nitrogens is 2. The average Bonchev–Trinajstić information content (AvgIpc) is 3.07. The molecule has 4 rings (SSSR count). The highest BCUT2D eigenvalue weighted by Crippen LogP contribution is 2.47. The maximum Gasteiger partial charge on any atom is 0.416 e. The standard InChI is InChI=1S/C25H27F3N4O3/c1-12(15-7-16(25(26,27)28)9-17(8-15)32-14(3)33)29-23-18-10-20(34-6)22-19(11-24(4,5)35-22)21(18)30-13(2)31-23/h7-10,12H,11H2,1-6H3,(H,32,33)(H,29,30,31)/t12-/m1/s1. The molecule has 35 heavy (non-hydrogen) atoms. The van der Waals surface area contributed by atoms with Crippen molar-refractivity contribution < 1.29 is 27.4 Å². The molecule has 2 heterocycles. The number of nitrogens with zero attached hydrogens (tertiary/aromatic N) is 2. The first-order valence-electron chi connectivity index (χ1n) is 11.1. The van der Waals surface area contributed by atoms with Crippen LogP contribution in [0.3, 0.4) is 0 Å². The Hall–Kier alpha value is -3.56. The number of halogens is 3. The van der Waals surface area contributed by atoms with Gasteiger partial charge in [0.25, 0.3) is 0 Å². The number of benzene rings is 2. The van der Waals surface area contributed by atoms with E-state index in [2.05, 4.69) is 20.6 Å². The molecule has 2 N–H and O–H groups in total. The fourth-order valence-electron chi connectivity index (χ4n) is 4.31. The SMILES string of the molecule is COc1cc2c(N[C@H](C)c3cc(NC(C)=O)cc(C(F)(F)F)c3)nc(C)nc2c2c1OC(C)(C)C2. The van der Waals surface area contributed by atoms with Crippen LogP contribution in [0.2, 0.25) is 0 Å². The van der Waals surface area contributed by atoms with E-state index in [4.69, 9.17) is 9.47 Å². The lowest BCUT2D eigenvalue weighted by molar-refractivity contribution is -0.137. The van der Waals surface area contributed by atoms with Gasteiger partial charge in [0.15, 0.2) is 11.5 Å². The lowest BCUT2D eigenvalue weighted by atomic mass is 9.98. The highest BCUT2D eigenvalue weighted by atomic mass is 19.4. The fraction of sp³-hybridized carbons (Fsp3) is 0.400. The number of aryl methyl sites for hydroxylation is 1. The molecular formula is C25H27F3N4O3. The second-order valence-electron chi connectivity index (χ2n) is 9.33. The summed E-state index contributed by atoms with van der Waals surface area (Å²) in [5.41, 5.74) is 0.732. The number of amides is 1. The zero-order chi connectivity index (χ0) is 25.7. The Bertz CT molecular complexity index is 1320. The van der Waals surface area contributed by atoms with Gasteiger partial charge in [-0.1, -0.05) is 0 Å². The maximum absolute atomic E-state index is 13.5. The van der Waals surface area contributed by atoms with Crippen LogP contribution in [0.15, 0.2) is 24.3 Å². The fourth-order valence-corrected chi connectivity index (χ4v) is 4.31. The summed E-state index contributed by atoms with van der Waals surface area (Å²) in [6, 6.07) is 4.69. The van der Waals surface area contributed by atoms with E-state index in [0.717, 1.165) is 17.7 Å². The zero-order valence-corrected chi connectivity index (χ0v) is 20.3. The smallest absolute Gasteiger partial charge is 0.416 e. The number of alkyl halides is 3. The molecular weight excluding hydrogens is 461 g/mol. The first-order chi connectivity index (χ1) is 16.3. The highest BCUT2D eigenvalue weighted by Gasteiger charge is 2.36. The van der Waals surface area contributed by atoms with Crippen molar-refractivity contribution in [3.8, 4) is 11.5 Å². The molecule has 3 aromatic rings. The molecule has 0 saturated heterocycles. The largest absolute Gasteiger partial charge is 0.493 e. The molecule has 1 atom stereocenters. The van der Waals surface area contributed by atoms with Crippen molar-refractivity contribution in [2.45, 2.75) is 58.9 Å². The Labute approximate surface area is 201 Å². The molecule has 0 spiro atoms. The number of hydrogen-bond acceptors (Lipinski definition) is 6. The quantitative estimate of drug-likeness (QED) is 0.471. The second-order valence-corrected chi connectivity index (χ2v) is 9.33. The number of anilines is 2. The molecule has 0 radical (unpaired) electrons. The van der Waals surface area contributed by atoms with Gasteiger partial charge in [-0.25, -0.2) is 9.97 Å². The average molecular weight is 489 g/mol. The van der Waals surface area contributed by atoms with Crippen molar-refractivity contribution in [2.24, 2.45) is 0 Å². The topological polar surface area (TPSA) is 85.4 Å². The van der Waals surface area contributed by atoms with Crippen molar-refractivity contribution in [3.05, 3.63) is 46.8 Å². The number of carbonyl (C=O) groups is 1. The lowest BCUT2D eigenvalue weighted by Crippen LogP contribution is -2.24. The van der Waals surface area contributed by atoms with Crippen LogP contribution in [-0.2, 0) is 17.4 Å². The van der Waals surface area contributed by atoms with Gasteiger partial charge in [-0.2, -0.15) is 13.2 Å². The van der Waals surface area contributed by atoms with E-state index in [1.165, 1.54) is 13.0 Å². The summed E-state index contributed by atoms with van der Waals surface area (Å²) in [6.45, 7) is 8.69. The Kier molecular flexibility index (Phi) is 6.02. The van der Waals surface area contributed by atoms with Gasteiger partial charge in [0.2, 0.25) is 5.91 Å². The summed E-state index contributed by atoms with van der Waals surface area (Å²) < 4.78 is 52.3. The minimum Gasteiger partial charge on any atom is -0.493 e. The van der Waals surface area contributed by atoms with Crippen molar-refractivity contribution in [1.29, 1.82) is 0 Å². The van der Waals surface area contributed by atoms with Crippen molar-refractivity contribution in [1.82, 2.24) is 9.97 Å². The molecule has 0 fully saturated rings. The first-order valence-corrected chi connectivity index (χ1v) is 11.1. The zero-order valence-electron chi connectivity index (χ0n) is 20.3. The molecule has 0 aliphatic carbocycles. The molecule has 186 valence electrons. The van der Waals surface area contributed by atoms with Crippen LogP contribution in [0, 0.1) is 6.92 Å². The summed E-state index contributed by atoms with van der Waals surface area (Å²) in [5.74, 6) is 1.68. The number of ether oxygens (including phenoxy) is 2. The predicted molar refractivity (Wildman–Crippen MR) is 127 cm³/mol. The number of fused-ring (bicyclic) bond motifs is 3. The first kappa shape index (κ1) is 24.6. The summed E-state index contributed by atoms with van der Waals surface area (Å²) >= 11 is 0. The van der Waals surface area contributed by atoms with E-state index in [0.29, 0.717) is 46.0 Å². The highest BCUT2D eigenvalue weighted by molar-refractivity contribution is 5.95. The minimum absolute atomic E-state index is 0.0681. The molecule has 1 amide bonds.